The van der Waals surface area contributed by atoms with Gasteiger partial charge >= 0.3 is 0 Å². The SMILES string of the molecule is CCC(C)CCC(C)(CC)C(N)=O. The van der Waals surface area contributed by atoms with Gasteiger partial charge in [0.25, 0.3) is 0 Å². The van der Waals surface area contributed by atoms with Crippen molar-refractivity contribution >= 4 is 5.91 Å². The molecule has 78 valence electrons. The summed E-state index contributed by atoms with van der Waals surface area (Å²) in [5, 5.41) is 0. The van der Waals surface area contributed by atoms with E-state index in [1.54, 1.807) is 0 Å². The van der Waals surface area contributed by atoms with Gasteiger partial charge in [-0.15, -0.1) is 0 Å². The van der Waals surface area contributed by atoms with Crippen molar-refractivity contribution in [2.45, 2.75) is 53.4 Å². The Morgan fingerprint density at radius 3 is 2.31 bits per heavy atom. The summed E-state index contributed by atoms with van der Waals surface area (Å²) in [5.74, 6) is 0.545. The highest BCUT2D eigenvalue weighted by molar-refractivity contribution is 5.80. The monoisotopic (exact) mass is 185 g/mol. The highest BCUT2D eigenvalue weighted by Crippen LogP contribution is 2.29. The van der Waals surface area contributed by atoms with Crippen LogP contribution in [0, 0.1) is 11.3 Å². The van der Waals surface area contributed by atoms with E-state index in [9.17, 15) is 4.79 Å². The summed E-state index contributed by atoms with van der Waals surface area (Å²) in [6.45, 7) is 8.40. The third kappa shape index (κ3) is 3.79. The molecular weight excluding hydrogens is 162 g/mol. The molecule has 2 atom stereocenters. The molecule has 0 rings (SSSR count). The van der Waals surface area contributed by atoms with Crippen molar-refractivity contribution in [2.75, 3.05) is 0 Å². The number of carbonyl (C=O) groups is 1. The third-order valence-corrected chi connectivity index (χ3v) is 3.26. The van der Waals surface area contributed by atoms with E-state index in [0.717, 1.165) is 19.3 Å². The van der Waals surface area contributed by atoms with E-state index in [2.05, 4.69) is 13.8 Å². The summed E-state index contributed by atoms with van der Waals surface area (Å²) >= 11 is 0. The van der Waals surface area contributed by atoms with Crippen molar-refractivity contribution in [3.8, 4) is 0 Å². The van der Waals surface area contributed by atoms with Crippen LogP contribution in [0.25, 0.3) is 0 Å². The topological polar surface area (TPSA) is 43.1 Å². The fourth-order valence-corrected chi connectivity index (χ4v) is 1.24. The lowest BCUT2D eigenvalue weighted by atomic mass is 9.80. The van der Waals surface area contributed by atoms with Crippen LogP contribution in [0.1, 0.15) is 53.4 Å². The van der Waals surface area contributed by atoms with Crippen LogP contribution in [0.15, 0.2) is 0 Å². The molecule has 0 aliphatic carbocycles. The molecule has 0 fully saturated rings. The lowest BCUT2D eigenvalue weighted by molar-refractivity contribution is -0.127. The molecule has 2 heteroatoms. The predicted molar refractivity (Wildman–Crippen MR) is 56.3 cm³/mol. The highest BCUT2D eigenvalue weighted by Gasteiger charge is 2.28. The zero-order valence-corrected chi connectivity index (χ0v) is 9.39. The normalized spacial score (nSPS) is 17.8. The molecule has 0 saturated carbocycles. The average Bonchev–Trinajstić information content (AvgIpc) is 2.13. The summed E-state index contributed by atoms with van der Waals surface area (Å²) in [6, 6.07) is 0. The van der Waals surface area contributed by atoms with Gasteiger partial charge in [-0.25, -0.2) is 0 Å². The Morgan fingerprint density at radius 1 is 1.46 bits per heavy atom. The summed E-state index contributed by atoms with van der Waals surface area (Å²) in [6.07, 6.45) is 4.05. The molecule has 0 aliphatic rings. The summed E-state index contributed by atoms with van der Waals surface area (Å²) in [5.41, 5.74) is 5.08. The quantitative estimate of drug-likeness (QED) is 0.679. The van der Waals surface area contributed by atoms with Gasteiger partial charge in [-0.3, -0.25) is 4.79 Å². The number of carbonyl (C=O) groups excluding carboxylic acids is 1. The smallest absolute Gasteiger partial charge is 0.223 e. The lowest BCUT2D eigenvalue weighted by Gasteiger charge is -2.25. The fraction of sp³-hybridized carbons (Fsp3) is 0.909. The molecule has 1 amide bonds. The van der Waals surface area contributed by atoms with Crippen LogP contribution in [0.2, 0.25) is 0 Å². The summed E-state index contributed by atoms with van der Waals surface area (Å²) in [4.78, 5) is 11.2. The van der Waals surface area contributed by atoms with Gasteiger partial charge in [0, 0.05) is 5.41 Å². The van der Waals surface area contributed by atoms with Crippen LogP contribution in [0.3, 0.4) is 0 Å². The van der Waals surface area contributed by atoms with Gasteiger partial charge in [0.1, 0.15) is 0 Å². The Hall–Kier alpha value is -0.530. The van der Waals surface area contributed by atoms with Crippen LogP contribution in [0.5, 0.6) is 0 Å². The number of primary amides is 1. The van der Waals surface area contributed by atoms with Gasteiger partial charge in [0.05, 0.1) is 0 Å². The van der Waals surface area contributed by atoms with E-state index in [1.165, 1.54) is 6.42 Å². The zero-order valence-electron chi connectivity index (χ0n) is 9.39. The van der Waals surface area contributed by atoms with Crippen molar-refractivity contribution in [3.05, 3.63) is 0 Å². The first-order valence-electron chi connectivity index (χ1n) is 5.26. The molecule has 0 aromatic heterocycles. The van der Waals surface area contributed by atoms with Crippen LogP contribution in [0.4, 0.5) is 0 Å². The molecule has 2 unspecified atom stereocenters. The summed E-state index contributed by atoms with van der Waals surface area (Å²) in [7, 11) is 0. The number of rotatable bonds is 6. The summed E-state index contributed by atoms with van der Waals surface area (Å²) < 4.78 is 0. The van der Waals surface area contributed by atoms with E-state index in [4.69, 9.17) is 5.73 Å². The Morgan fingerprint density at radius 2 is 2.00 bits per heavy atom. The maximum atomic E-state index is 11.2. The van der Waals surface area contributed by atoms with E-state index in [0.29, 0.717) is 5.92 Å². The van der Waals surface area contributed by atoms with Crippen molar-refractivity contribution in [3.63, 3.8) is 0 Å². The molecule has 0 aromatic carbocycles. The lowest BCUT2D eigenvalue weighted by Crippen LogP contribution is -2.34. The van der Waals surface area contributed by atoms with E-state index in [1.807, 2.05) is 13.8 Å². The molecule has 0 aliphatic heterocycles. The number of amides is 1. The Bertz CT molecular complexity index is 167. The molecular formula is C11H23NO. The first kappa shape index (κ1) is 12.5. The molecule has 0 saturated heterocycles. The maximum Gasteiger partial charge on any atom is 0.223 e. The van der Waals surface area contributed by atoms with Gasteiger partial charge in [-0.1, -0.05) is 34.1 Å². The first-order valence-corrected chi connectivity index (χ1v) is 5.26. The minimum atomic E-state index is -0.288. The second kappa shape index (κ2) is 5.25. The standard InChI is InChI=1S/C11H23NO/c1-5-9(3)7-8-11(4,6-2)10(12)13/h9H,5-8H2,1-4H3,(H2,12,13). The van der Waals surface area contributed by atoms with Crippen molar-refractivity contribution in [2.24, 2.45) is 17.1 Å². The second-order valence-electron chi connectivity index (χ2n) is 4.33. The van der Waals surface area contributed by atoms with Crippen LogP contribution in [-0.2, 0) is 4.79 Å². The Kier molecular flexibility index (Phi) is 5.04. The van der Waals surface area contributed by atoms with Crippen molar-refractivity contribution in [1.29, 1.82) is 0 Å². The molecule has 0 radical (unpaired) electrons. The van der Waals surface area contributed by atoms with Crippen molar-refractivity contribution < 1.29 is 4.79 Å². The number of hydrogen-bond donors (Lipinski definition) is 1. The van der Waals surface area contributed by atoms with Crippen LogP contribution in [-0.4, -0.2) is 5.91 Å². The van der Waals surface area contributed by atoms with E-state index in [-0.39, 0.29) is 11.3 Å². The van der Waals surface area contributed by atoms with Gasteiger partial charge in [-0.2, -0.15) is 0 Å². The molecule has 2 nitrogen and oxygen atoms in total. The molecule has 0 heterocycles. The Labute approximate surface area is 81.9 Å². The molecule has 13 heavy (non-hydrogen) atoms. The van der Waals surface area contributed by atoms with Gasteiger partial charge < -0.3 is 5.73 Å². The molecule has 2 N–H and O–H groups in total. The van der Waals surface area contributed by atoms with E-state index >= 15 is 0 Å². The first-order chi connectivity index (χ1) is 5.96. The van der Waals surface area contributed by atoms with Gasteiger partial charge in [0.2, 0.25) is 5.91 Å². The average molecular weight is 185 g/mol. The maximum absolute atomic E-state index is 11.2. The third-order valence-electron chi connectivity index (χ3n) is 3.26. The Balaban J connectivity index is 4.05. The zero-order chi connectivity index (χ0) is 10.5. The molecule has 0 spiro atoms. The number of hydrogen-bond acceptors (Lipinski definition) is 1. The largest absolute Gasteiger partial charge is 0.369 e. The fourth-order valence-electron chi connectivity index (χ4n) is 1.24. The van der Waals surface area contributed by atoms with Crippen molar-refractivity contribution in [1.82, 2.24) is 0 Å². The minimum Gasteiger partial charge on any atom is -0.369 e. The molecule has 0 aromatic rings. The number of nitrogens with two attached hydrogens (primary N) is 1. The highest BCUT2D eigenvalue weighted by atomic mass is 16.1. The molecule has 0 bridgehead atoms. The van der Waals surface area contributed by atoms with Gasteiger partial charge in [0.15, 0.2) is 0 Å². The van der Waals surface area contributed by atoms with Gasteiger partial charge in [-0.05, 0) is 25.2 Å². The van der Waals surface area contributed by atoms with E-state index < -0.39 is 0 Å². The predicted octanol–water partition coefficient (Wildman–Crippen LogP) is 2.71. The van der Waals surface area contributed by atoms with Crippen LogP contribution >= 0.6 is 0 Å². The van der Waals surface area contributed by atoms with Crippen LogP contribution < -0.4 is 5.73 Å². The second-order valence-corrected chi connectivity index (χ2v) is 4.33. The minimum absolute atomic E-state index is 0.154.